The van der Waals surface area contributed by atoms with Crippen LogP contribution < -0.4 is 4.74 Å². The second-order valence-corrected chi connectivity index (χ2v) is 7.60. The largest absolute Gasteiger partial charge is 0.484 e. The third-order valence-electron chi connectivity index (χ3n) is 5.66. The van der Waals surface area contributed by atoms with E-state index in [0.717, 1.165) is 38.9 Å². The molecule has 1 saturated heterocycles. The van der Waals surface area contributed by atoms with E-state index in [1.54, 1.807) is 12.3 Å². The number of piperidine rings is 1. The molecular formula is C23H27N3O2. The first-order valence-corrected chi connectivity index (χ1v) is 10.3. The van der Waals surface area contributed by atoms with E-state index < -0.39 is 0 Å². The molecule has 1 unspecified atom stereocenters. The average Bonchev–Trinajstić information content (AvgIpc) is 2.91. The summed E-state index contributed by atoms with van der Waals surface area (Å²) in [6, 6.07) is 13.6. The molecule has 28 heavy (non-hydrogen) atoms. The summed E-state index contributed by atoms with van der Waals surface area (Å²) in [5.41, 5.74) is 1.79. The summed E-state index contributed by atoms with van der Waals surface area (Å²) in [4.78, 5) is 23.1. The van der Waals surface area contributed by atoms with Crippen molar-refractivity contribution in [3.63, 3.8) is 0 Å². The normalized spacial score (nSPS) is 20.4. The van der Waals surface area contributed by atoms with E-state index in [2.05, 4.69) is 27.0 Å². The Labute approximate surface area is 166 Å². The maximum Gasteiger partial charge on any atom is 0.280 e. The molecule has 1 fully saturated rings. The molecule has 0 aliphatic carbocycles. The minimum Gasteiger partial charge on any atom is -0.484 e. The fraction of sp³-hybridized carbons (Fsp3) is 0.435. The highest BCUT2D eigenvalue weighted by Crippen LogP contribution is 2.27. The van der Waals surface area contributed by atoms with Gasteiger partial charge in [0.2, 0.25) is 0 Å². The number of carbonyl (C=O) groups excluding carboxylic acids is 1. The number of benzene rings is 1. The van der Waals surface area contributed by atoms with Crippen molar-refractivity contribution in [2.45, 2.75) is 44.1 Å². The molecule has 1 amide bonds. The van der Waals surface area contributed by atoms with E-state index in [4.69, 9.17) is 4.74 Å². The van der Waals surface area contributed by atoms with Crippen LogP contribution in [0.25, 0.3) is 0 Å². The quantitative estimate of drug-likeness (QED) is 0.711. The van der Waals surface area contributed by atoms with Crippen LogP contribution in [0.5, 0.6) is 5.75 Å². The van der Waals surface area contributed by atoms with Gasteiger partial charge in [0.15, 0.2) is 0 Å². The number of para-hydroxylation sites is 1. The fourth-order valence-corrected chi connectivity index (χ4v) is 4.04. The van der Waals surface area contributed by atoms with Crippen molar-refractivity contribution in [3.05, 3.63) is 59.9 Å². The lowest BCUT2D eigenvalue weighted by molar-refractivity contribution is 0.100. The Kier molecular flexibility index (Phi) is 6.12. The predicted octanol–water partition coefficient (Wildman–Crippen LogP) is 4.10. The van der Waals surface area contributed by atoms with Gasteiger partial charge in [-0.1, -0.05) is 18.2 Å². The molecule has 2 aliphatic rings. The number of pyridine rings is 1. The van der Waals surface area contributed by atoms with Crippen molar-refractivity contribution >= 4 is 12.1 Å². The minimum absolute atomic E-state index is 0.123. The van der Waals surface area contributed by atoms with Crippen LogP contribution in [0.15, 0.2) is 53.7 Å². The lowest BCUT2D eigenvalue weighted by Gasteiger charge is -2.31. The number of aromatic nitrogens is 1. The van der Waals surface area contributed by atoms with Crippen LogP contribution in [0, 0.1) is 0 Å². The molecule has 2 aromatic rings. The highest BCUT2D eigenvalue weighted by Gasteiger charge is 2.22. The van der Waals surface area contributed by atoms with Gasteiger partial charge in [-0.05, 0) is 76.0 Å². The van der Waals surface area contributed by atoms with Crippen LogP contribution in [0.2, 0.25) is 0 Å². The Morgan fingerprint density at radius 2 is 1.86 bits per heavy atom. The zero-order chi connectivity index (χ0) is 19.2. The minimum atomic E-state index is -0.214. The maximum absolute atomic E-state index is 12.0. The first-order chi connectivity index (χ1) is 13.8. The third-order valence-corrected chi connectivity index (χ3v) is 5.66. The van der Waals surface area contributed by atoms with Gasteiger partial charge in [0.1, 0.15) is 11.9 Å². The van der Waals surface area contributed by atoms with Gasteiger partial charge in [-0.2, -0.15) is 0 Å². The van der Waals surface area contributed by atoms with Crippen molar-refractivity contribution in [2.24, 2.45) is 4.99 Å². The van der Waals surface area contributed by atoms with E-state index in [-0.39, 0.29) is 12.0 Å². The van der Waals surface area contributed by atoms with Crippen molar-refractivity contribution in [2.75, 3.05) is 19.6 Å². The Bertz CT molecular complexity index is 814. The molecule has 1 aromatic carbocycles. The molecule has 0 N–H and O–H groups in total. The summed E-state index contributed by atoms with van der Waals surface area (Å²) in [6.07, 6.45) is 8.90. The van der Waals surface area contributed by atoms with Gasteiger partial charge in [0, 0.05) is 24.0 Å². The standard InChI is InChI=1S/C23H27N3O2/c27-23-20-8-1-2-10-22(20)28-19(17-25-23)7-4-6-14-26-15-11-18(12-16-26)21-9-3-5-13-24-21/h1-3,5,8-10,13,17-19H,4,6-7,11-12,14-16H2. The number of hydrogen-bond acceptors (Lipinski definition) is 4. The Hall–Kier alpha value is -2.53. The van der Waals surface area contributed by atoms with Crippen molar-refractivity contribution in [1.29, 1.82) is 0 Å². The van der Waals surface area contributed by atoms with Crippen LogP contribution >= 0.6 is 0 Å². The van der Waals surface area contributed by atoms with Crippen molar-refractivity contribution in [3.8, 4) is 5.75 Å². The molecule has 0 saturated carbocycles. The van der Waals surface area contributed by atoms with E-state index >= 15 is 0 Å². The fourth-order valence-electron chi connectivity index (χ4n) is 4.04. The summed E-state index contributed by atoms with van der Waals surface area (Å²) in [5.74, 6) is 1.03. The molecule has 2 aliphatic heterocycles. The van der Waals surface area contributed by atoms with Crippen molar-refractivity contribution < 1.29 is 9.53 Å². The molecule has 146 valence electrons. The molecule has 1 aromatic heterocycles. The maximum atomic E-state index is 12.0. The molecule has 5 heteroatoms. The molecular weight excluding hydrogens is 350 g/mol. The summed E-state index contributed by atoms with van der Waals surface area (Å²) in [5, 5.41) is 0. The summed E-state index contributed by atoms with van der Waals surface area (Å²) in [6.45, 7) is 3.41. The molecule has 5 nitrogen and oxygen atoms in total. The summed E-state index contributed by atoms with van der Waals surface area (Å²) >= 11 is 0. The Morgan fingerprint density at radius 1 is 1.04 bits per heavy atom. The number of unbranched alkanes of at least 4 members (excludes halogenated alkanes) is 1. The highest BCUT2D eigenvalue weighted by atomic mass is 16.5. The van der Waals surface area contributed by atoms with E-state index in [1.807, 2.05) is 30.5 Å². The first kappa shape index (κ1) is 18.8. The highest BCUT2D eigenvalue weighted by molar-refractivity contribution is 6.02. The predicted molar refractivity (Wildman–Crippen MR) is 110 cm³/mol. The zero-order valence-corrected chi connectivity index (χ0v) is 16.2. The number of ether oxygens (including phenoxy) is 1. The number of aliphatic imine (C=N–C) groups is 1. The molecule has 1 atom stereocenters. The van der Waals surface area contributed by atoms with Gasteiger partial charge in [-0.3, -0.25) is 9.78 Å². The molecule has 3 heterocycles. The number of nitrogens with zero attached hydrogens (tertiary/aromatic N) is 3. The number of carbonyl (C=O) groups is 1. The lowest BCUT2D eigenvalue weighted by atomic mass is 9.93. The van der Waals surface area contributed by atoms with Gasteiger partial charge >= 0.3 is 0 Å². The summed E-state index contributed by atoms with van der Waals surface area (Å²) < 4.78 is 5.99. The number of likely N-dealkylation sites (tertiary alicyclic amines) is 1. The Morgan fingerprint density at radius 3 is 2.68 bits per heavy atom. The smallest absolute Gasteiger partial charge is 0.280 e. The van der Waals surface area contributed by atoms with Gasteiger partial charge in [0.05, 0.1) is 5.56 Å². The number of rotatable bonds is 6. The second-order valence-electron chi connectivity index (χ2n) is 7.60. The topological polar surface area (TPSA) is 54.8 Å². The number of amides is 1. The van der Waals surface area contributed by atoms with Crippen LogP contribution in [0.3, 0.4) is 0 Å². The first-order valence-electron chi connectivity index (χ1n) is 10.3. The van der Waals surface area contributed by atoms with Crippen LogP contribution in [-0.4, -0.2) is 47.7 Å². The van der Waals surface area contributed by atoms with Gasteiger partial charge in [-0.15, -0.1) is 0 Å². The lowest BCUT2D eigenvalue weighted by Crippen LogP contribution is -2.34. The van der Waals surface area contributed by atoms with E-state index in [1.165, 1.54) is 18.5 Å². The zero-order valence-electron chi connectivity index (χ0n) is 16.2. The van der Waals surface area contributed by atoms with E-state index in [9.17, 15) is 4.79 Å². The van der Waals surface area contributed by atoms with Crippen LogP contribution in [0.1, 0.15) is 54.1 Å². The number of fused-ring (bicyclic) bond motifs is 1. The van der Waals surface area contributed by atoms with E-state index in [0.29, 0.717) is 17.2 Å². The van der Waals surface area contributed by atoms with Crippen LogP contribution in [-0.2, 0) is 0 Å². The molecule has 0 spiro atoms. The van der Waals surface area contributed by atoms with Gasteiger partial charge in [0.25, 0.3) is 5.91 Å². The van der Waals surface area contributed by atoms with Gasteiger partial charge < -0.3 is 9.64 Å². The molecule has 0 radical (unpaired) electrons. The third kappa shape index (κ3) is 4.65. The van der Waals surface area contributed by atoms with Crippen LogP contribution in [0.4, 0.5) is 0 Å². The van der Waals surface area contributed by atoms with Crippen molar-refractivity contribution in [1.82, 2.24) is 9.88 Å². The Balaban J connectivity index is 1.19. The average molecular weight is 377 g/mol. The SMILES string of the molecule is O=C1N=CC(CCCCN2CCC(c3ccccn3)CC2)Oc2ccccc21. The molecule has 4 rings (SSSR count). The molecule has 0 bridgehead atoms. The second kappa shape index (κ2) is 9.11. The van der Waals surface area contributed by atoms with Gasteiger partial charge in [-0.25, -0.2) is 4.99 Å². The summed E-state index contributed by atoms with van der Waals surface area (Å²) in [7, 11) is 0. The number of hydrogen-bond donors (Lipinski definition) is 0. The monoisotopic (exact) mass is 377 g/mol.